The number of hydrogen-bond donors (Lipinski definition) is 0. The van der Waals surface area contributed by atoms with Crippen molar-refractivity contribution in [3.63, 3.8) is 0 Å². The summed E-state index contributed by atoms with van der Waals surface area (Å²) in [4.78, 5) is 4.86. The van der Waals surface area contributed by atoms with E-state index < -0.39 is 0 Å². The fourth-order valence-corrected chi connectivity index (χ4v) is 3.63. The standard InChI is InChI=1S/C25H23N3/c1-2-3-12-25-27-23-10-6-7-11-24(23)28(25)18-19-13-15-20(16-14-19)22-9-5-4-8-21(22)17-26/h4-11,13-16H,2-3,12,18H2,1H3. The number of nitriles is 1. The minimum atomic E-state index is 0.706. The van der Waals surface area contributed by atoms with Crippen molar-refractivity contribution in [2.45, 2.75) is 32.7 Å². The van der Waals surface area contributed by atoms with Crippen molar-refractivity contribution < 1.29 is 0 Å². The Labute approximate surface area is 165 Å². The zero-order valence-electron chi connectivity index (χ0n) is 16.1. The maximum Gasteiger partial charge on any atom is 0.110 e. The van der Waals surface area contributed by atoms with Crippen LogP contribution in [0.3, 0.4) is 0 Å². The van der Waals surface area contributed by atoms with E-state index in [1.807, 2.05) is 30.3 Å². The van der Waals surface area contributed by atoms with Gasteiger partial charge >= 0.3 is 0 Å². The molecule has 0 aliphatic rings. The van der Waals surface area contributed by atoms with Crippen LogP contribution in [-0.4, -0.2) is 9.55 Å². The number of rotatable bonds is 6. The molecule has 0 aliphatic carbocycles. The van der Waals surface area contributed by atoms with Crippen LogP contribution in [0.5, 0.6) is 0 Å². The van der Waals surface area contributed by atoms with Crippen LogP contribution < -0.4 is 0 Å². The van der Waals surface area contributed by atoms with Crippen molar-refractivity contribution in [3.05, 3.63) is 89.7 Å². The molecule has 0 spiro atoms. The van der Waals surface area contributed by atoms with Crippen LogP contribution >= 0.6 is 0 Å². The molecule has 4 rings (SSSR count). The van der Waals surface area contributed by atoms with Crippen LogP contribution in [-0.2, 0) is 13.0 Å². The molecule has 0 saturated carbocycles. The molecule has 0 atom stereocenters. The summed E-state index contributed by atoms with van der Waals surface area (Å²) >= 11 is 0. The molecule has 0 amide bonds. The third-order valence-corrected chi connectivity index (χ3v) is 5.14. The molecule has 28 heavy (non-hydrogen) atoms. The topological polar surface area (TPSA) is 41.6 Å². The maximum absolute atomic E-state index is 9.35. The third-order valence-electron chi connectivity index (χ3n) is 5.14. The Morgan fingerprint density at radius 3 is 2.46 bits per heavy atom. The summed E-state index contributed by atoms with van der Waals surface area (Å²) in [6.07, 6.45) is 3.31. The van der Waals surface area contributed by atoms with Gasteiger partial charge in [-0.05, 0) is 41.3 Å². The van der Waals surface area contributed by atoms with Gasteiger partial charge in [0.05, 0.1) is 22.7 Å². The predicted octanol–water partition coefficient (Wildman–Crippen LogP) is 5.97. The number of fused-ring (bicyclic) bond motifs is 1. The van der Waals surface area contributed by atoms with E-state index in [4.69, 9.17) is 4.98 Å². The number of hydrogen-bond acceptors (Lipinski definition) is 2. The molecule has 0 N–H and O–H groups in total. The first-order valence-electron chi connectivity index (χ1n) is 9.82. The van der Waals surface area contributed by atoms with Gasteiger partial charge in [-0.3, -0.25) is 0 Å². The van der Waals surface area contributed by atoms with E-state index in [1.54, 1.807) is 0 Å². The molecule has 0 saturated heterocycles. The molecule has 0 bridgehead atoms. The molecule has 0 fully saturated rings. The van der Waals surface area contributed by atoms with Crippen LogP contribution in [0.25, 0.3) is 22.2 Å². The highest BCUT2D eigenvalue weighted by molar-refractivity contribution is 5.76. The van der Waals surface area contributed by atoms with Crippen LogP contribution in [0.4, 0.5) is 0 Å². The predicted molar refractivity (Wildman–Crippen MR) is 114 cm³/mol. The van der Waals surface area contributed by atoms with Gasteiger partial charge in [-0.25, -0.2) is 4.98 Å². The highest BCUT2D eigenvalue weighted by Gasteiger charge is 2.11. The van der Waals surface area contributed by atoms with Gasteiger partial charge in [0.25, 0.3) is 0 Å². The van der Waals surface area contributed by atoms with Crippen LogP contribution in [0.2, 0.25) is 0 Å². The molecule has 4 aromatic rings. The molecular formula is C25H23N3. The summed E-state index contributed by atoms with van der Waals surface area (Å²) in [5.41, 5.74) is 6.24. The summed E-state index contributed by atoms with van der Waals surface area (Å²) in [6.45, 7) is 3.02. The molecule has 0 radical (unpaired) electrons. The largest absolute Gasteiger partial charge is 0.323 e. The molecule has 1 aromatic heterocycles. The Balaban J connectivity index is 1.66. The lowest BCUT2D eigenvalue weighted by Gasteiger charge is -2.11. The fraction of sp³-hybridized carbons (Fsp3) is 0.200. The monoisotopic (exact) mass is 365 g/mol. The number of para-hydroxylation sites is 2. The molecule has 0 aliphatic heterocycles. The van der Waals surface area contributed by atoms with E-state index in [2.05, 4.69) is 60.0 Å². The first kappa shape index (κ1) is 18.0. The van der Waals surface area contributed by atoms with Crippen molar-refractivity contribution in [2.75, 3.05) is 0 Å². The van der Waals surface area contributed by atoms with Crippen molar-refractivity contribution in [3.8, 4) is 17.2 Å². The number of aryl methyl sites for hydroxylation is 1. The first-order valence-corrected chi connectivity index (χ1v) is 9.82. The summed E-state index contributed by atoms with van der Waals surface area (Å²) < 4.78 is 2.34. The molecule has 3 aromatic carbocycles. The number of unbranched alkanes of at least 4 members (excludes halogenated alkanes) is 1. The van der Waals surface area contributed by atoms with Crippen molar-refractivity contribution in [2.24, 2.45) is 0 Å². The second kappa shape index (κ2) is 8.10. The molecule has 1 heterocycles. The first-order chi connectivity index (χ1) is 13.8. The van der Waals surface area contributed by atoms with Crippen LogP contribution in [0.15, 0.2) is 72.8 Å². The molecular weight excluding hydrogens is 342 g/mol. The van der Waals surface area contributed by atoms with Gasteiger partial charge in [0.1, 0.15) is 5.82 Å². The zero-order valence-corrected chi connectivity index (χ0v) is 16.1. The third kappa shape index (κ3) is 3.54. The number of nitrogens with zero attached hydrogens (tertiary/aromatic N) is 3. The Bertz CT molecular complexity index is 1130. The highest BCUT2D eigenvalue weighted by atomic mass is 15.1. The number of imidazole rings is 1. The minimum absolute atomic E-state index is 0.706. The van der Waals surface area contributed by atoms with E-state index in [1.165, 1.54) is 11.1 Å². The Hall–Kier alpha value is -3.38. The SMILES string of the molecule is CCCCc1nc2ccccc2n1Cc1ccc(-c2ccccc2C#N)cc1. The zero-order chi connectivity index (χ0) is 19.3. The lowest BCUT2D eigenvalue weighted by molar-refractivity contribution is 0.690. The lowest BCUT2D eigenvalue weighted by atomic mass is 9.99. The van der Waals surface area contributed by atoms with Crippen LogP contribution in [0.1, 0.15) is 36.7 Å². The Morgan fingerprint density at radius 1 is 0.929 bits per heavy atom. The highest BCUT2D eigenvalue weighted by Crippen LogP contribution is 2.25. The molecule has 3 nitrogen and oxygen atoms in total. The summed E-state index contributed by atoms with van der Waals surface area (Å²) in [6, 6.07) is 26.9. The van der Waals surface area contributed by atoms with E-state index >= 15 is 0 Å². The summed E-state index contributed by atoms with van der Waals surface area (Å²) in [5.74, 6) is 1.15. The van der Waals surface area contributed by atoms with E-state index in [-0.39, 0.29) is 0 Å². The second-order valence-corrected chi connectivity index (χ2v) is 7.06. The van der Waals surface area contributed by atoms with Crippen molar-refractivity contribution in [1.82, 2.24) is 9.55 Å². The van der Waals surface area contributed by atoms with Gasteiger partial charge in [0.2, 0.25) is 0 Å². The summed E-state index contributed by atoms with van der Waals surface area (Å²) in [7, 11) is 0. The van der Waals surface area contributed by atoms with Gasteiger partial charge < -0.3 is 4.57 Å². The Kier molecular flexibility index (Phi) is 5.21. The van der Waals surface area contributed by atoms with E-state index in [0.29, 0.717) is 5.56 Å². The normalized spacial score (nSPS) is 10.9. The van der Waals surface area contributed by atoms with Crippen LogP contribution in [0, 0.1) is 11.3 Å². The van der Waals surface area contributed by atoms with Gasteiger partial charge in [0.15, 0.2) is 0 Å². The summed E-state index contributed by atoms with van der Waals surface area (Å²) in [5, 5.41) is 9.35. The quantitative estimate of drug-likeness (QED) is 0.423. The lowest BCUT2D eigenvalue weighted by Crippen LogP contribution is -2.05. The molecule has 0 unspecified atom stereocenters. The Morgan fingerprint density at radius 2 is 1.68 bits per heavy atom. The van der Waals surface area contributed by atoms with E-state index in [0.717, 1.165) is 48.3 Å². The maximum atomic E-state index is 9.35. The minimum Gasteiger partial charge on any atom is -0.323 e. The number of benzene rings is 3. The average molecular weight is 365 g/mol. The smallest absolute Gasteiger partial charge is 0.110 e. The number of aromatic nitrogens is 2. The second-order valence-electron chi connectivity index (χ2n) is 7.06. The fourth-order valence-electron chi connectivity index (χ4n) is 3.63. The molecule has 3 heteroatoms. The van der Waals surface area contributed by atoms with Gasteiger partial charge in [-0.15, -0.1) is 0 Å². The van der Waals surface area contributed by atoms with Gasteiger partial charge in [0, 0.05) is 13.0 Å². The van der Waals surface area contributed by atoms with Crippen molar-refractivity contribution in [1.29, 1.82) is 5.26 Å². The van der Waals surface area contributed by atoms with Crippen molar-refractivity contribution >= 4 is 11.0 Å². The molecule has 138 valence electrons. The average Bonchev–Trinajstić information content (AvgIpc) is 3.10. The van der Waals surface area contributed by atoms with E-state index in [9.17, 15) is 5.26 Å². The van der Waals surface area contributed by atoms with Gasteiger partial charge in [-0.1, -0.05) is 67.9 Å². The van der Waals surface area contributed by atoms with Gasteiger partial charge in [-0.2, -0.15) is 5.26 Å².